The van der Waals surface area contributed by atoms with Crippen molar-refractivity contribution in [3.05, 3.63) is 54.1 Å². The molecule has 0 spiro atoms. The lowest BCUT2D eigenvalue weighted by atomic mass is 9.94. The van der Waals surface area contributed by atoms with Crippen molar-refractivity contribution in [2.24, 2.45) is 0 Å². The van der Waals surface area contributed by atoms with Gasteiger partial charge in [0, 0.05) is 36.3 Å². The summed E-state index contributed by atoms with van der Waals surface area (Å²) in [6.07, 6.45) is 1.81. The minimum absolute atomic E-state index is 0.00193. The maximum Gasteiger partial charge on any atom is 0.157 e. The molecule has 0 bridgehead atoms. The van der Waals surface area contributed by atoms with Crippen molar-refractivity contribution < 1.29 is 0 Å². The predicted octanol–water partition coefficient (Wildman–Crippen LogP) is 3.75. The monoisotopic (exact) mass is 360 g/mol. The van der Waals surface area contributed by atoms with Gasteiger partial charge in [0.1, 0.15) is 11.6 Å². The molecule has 27 heavy (non-hydrogen) atoms. The predicted molar refractivity (Wildman–Crippen MR) is 107 cm³/mol. The summed E-state index contributed by atoms with van der Waals surface area (Å²) in [5.74, 6) is 2.27. The molecule has 0 saturated carbocycles. The summed E-state index contributed by atoms with van der Waals surface area (Å²) < 4.78 is 4.38. The van der Waals surface area contributed by atoms with Crippen molar-refractivity contribution in [1.82, 2.24) is 24.1 Å². The van der Waals surface area contributed by atoms with Crippen LogP contribution in [0.1, 0.15) is 38.3 Å². The molecule has 0 atom stereocenters. The molecule has 1 aromatic carbocycles. The van der Waals surface area contributed by atoms with Crippen molar-refractivity contribution in [2.45, 2.75) is 39.2 Å². The van der Waals surface area contributed by atoms with E-state index < -0.39 is 0 Å². The Morgan fingerprint density at radius 2 is 1.81 bits per heavy atom. The van der Waals surface area contributed by atoms with Crippen molar-refractivity contribution >= 4 is 22.5 Å². The van der Waals surface area contributed by atoms with Gasteiger partial charge in [-0.2, -0.15) is 9.61 Å². The SMILES string of the molecule is Cc1cc(N2CC(n3c(C(C)(C)C)nc4ccccc43)C2)n2nccc2n1. The molecule has 0 N–H and O–H groups in total. The summed E-state index contributed by atoms with van der Waals surface area (Å²) in [6.45, 7) is 10.6. The second-order valence-corrected chi connectivity index (χ2v) is 8.46. The van der Waals surface area contributed by atoms with Crippen LogP contribution < -0.4 is 4.90 Å². The number of hydrogen-bond donors (Lipinski definition) is 0. The lowest BCUT2D eigenvalue weighted by molar-refractivity contribution is 0.370. The van der Waals surface area contributed by atoms with Crippen molar-refractivity contribution in [2.75, 3.05) is 18.0 Å². The van der Waals surface area contributed by atoms with Gasteiger partial charge in [0.05, 0.1) is 23.3 Å². The zero-order valence-corrected chi connectivity index (χ0v) is 16.2. The van der Waals surface area contributed by atoms with E-state index in [2.05, 4.69) is 70.7 Å². The Hall–Kier alpha value is -2.89. The maximum atomic E-state index is 4.96. The minimum Gasteiger partial charge on any atom is -0.352 e. The van der Waals surface area contributed by atoms with Gasteiger partial charge in [-0.3, -0.25) is 0 Å². The second kappa shape index (κ2) is 5.55. The summed E-state index contributed by atoms with van der Waals surface area (Å²) >= 11 is 0. The minimum atomic E-state index is 0.00193. The van der Waals surface area contributed by atoms with Crippen LogP contribution in [-0.2, 0) is 5.41 Å². The Morgan fingerprint density at radius 3 is 2.59 bits per heavy atom. The van der Waals surface area contributed by atoms with Gasteiger partial charge >= 0.3 is 0 Å². The first kappa shape index (κ1) is 16.3. The third-order valence-corrected chi connectivity index (χ3v) is 5.29. The van der Waals surface area contributed by atoms with E-state index in [1.807, 2.05) is 23.7 Å². The van der Waals surface area contributed by atoms with E-state index in [4.69, 9.17) is 4.98 Å². The van der Waals surface area contributed by atoms with E-state index in [0.717, 1.165) is 41.6 Å². The highest BCUT2D eigenvalue weighted by Crippen LogP contribution is 2.35. The van der Waals surface area contributed by atoms with E-state index in [0.29, 0.717) is 6.04 Å². The lowest BCUT2D eigenvalue weighted by Gasteiger charge is -2.43. The number of benzene rings is 1. The average molecular weight is 360 g/mol. The number of hydrogen-bond acceptors (Lipinski definition) is 4. The molecular weight excluding hydrogens is 336 g/mol. The highest BCUT2D eigenvalue weighted by Gasteiger charge is 2.35. The normalized spacial score (nSPS) is 15.6. The van der Waals surface area contributed by atoms with Crippen LogP contribution in [-0.4, -0.2) is 37.2 Å². The van der Waals surface area contributed by atoms with Gasteiger partial charge < -0.3 is 9.47 Å². The zero-order valence-electron chi connectivity index (χ0n) is 16.2. The second-order valence-electron chi connectivity index (χ2n) is 8.46. The summed E-state index contributed by atoms with van der Waals surface area (Å²) in [7, 11) is 0. The molecule has 1 aliphatic rings. The van der Waals surface area contributed by atoms with Crippen molar-refractivity contribution in [3.8, 4) is 0 Å². The Kier molecular flexibility index (Phi) is 3.35. The lowest BCUT2D eigenvalue weighted by Crippen LogP contribution is -2.49. The number of nitrogens with zero attached hydrogens (tertiary/aromatic N) is 6. The van der Waals surface area contributed by atoms with Gasteiger partial charge in [-0.15, -0.1) is 0 Å². The highest BCUT2D eigenvalue weighted by molar-refractivity contribution is 5.76. The van der Waals surface area contributed by atoms with Gasteiger partial charge in [0.25, 0.3) is 0 Å². The van der Waals surface area contributed by atoms with E-state index in [1.54, 1.807) is 0 Å². The molecule has 1 aliphatic heterocycles. The molecule has 0 amide bonds. The topological polar surface area (TPSA) is 51.2 Å². The molecule has 5 rings (SSSR count). The molecule has 0 aliphatic carbocycles. The van der Waals surface area contributed by atoms with Crippen LogP contribution in [0.15, 0.2) is 42.6 Å². The van der Waals surface area contributed by atoms with E-state index in [9.17, 15) is 0 Å². The summed E-state index contributed by atoms with van der Waals surface area (Å²) in [5, 5.41) is 4.45. The van der Waals surface area contributed by atoms with Gasteiger partial charge in [-0.1, -0.05) is 32.9 Å². The third-order valence-electron chi connectivity index (χ3n) is 5.29. The third kappa shape index (κ3) is 2.51. The molecular formula is C21H24N6. The molecule has 1 fully saturated rings. The molecule has 6 nitrogen and oxygen atoms in total. The molecule has 138 valence electrons. The fraction of sp³-hybridized carbons (Fsp3) is 0.381. The first-order valence-electron chi connectivity index (χ1n) is 9.45. The van der Waals surface area contributed by atoms with Crippen LogP contribution >= 0.6 is 0 Å². The van der Waals surface area contributed by atoms with Crippen LogP contribution in [0, 0.1) is 6.92 Å². The summed E-state index contributed by atoms with van der Waals surface area (Å²) in [6, 6.07) is 12.9. The molecule has 4 aromatic rings. The van der Waals surface area contributed by atoms with Crippen molar-refractivity contribution in [3.63, 3.8) is 0 Å². The number of rotatable bonds is 2. The van der Waals surface area contributed by atoms with Gasteiger partial charge in [-0.05, 0) is 19.1 Å². The van der Waals surface area contributed by atoms with Crippen LogP contribution in [0.2, 0.25) is 0 Å². The average Bonchev–Trinajstić information content (AvgIpc) is 3.18. The molecule has 0 unspecified atom stereocenters. The molecule has 6 heteroatoms. The highest BCUT2D eigenvalue weighted by atomic mass is 15.4. The standard InChI is InChI=1S/C21H24N6/c1-14-11-19(27-18(23-14)9-10-22-27)25-12-15(13-25)26-17-8-6-5-7-16(17)24-20(26)21(2,3)4/h5-11,15H,12-13H2,1-4H3. The van der Waals surface area contributed by atoms with E-state index >= 15 is 0 Å². The van der Waals surface area contributed by atoms with E-state index in [-0.39, 0.29) is 5.41 Å². The number of aromatic nitrogens is 5. The fourth-order valence-electron chi connectivity index (χ4n) is 3.99. The van der Waals surface area contributed by atoms with Gasteiger partial charge in [0.15, 0.2) is 5.65 Å². The Morgan fingerprint density at radius 1 is 1.04 bits per heavy atom. The number of fused-ring (bicyclic) bond motifs is 2. The van der Waals surface area contributed by atoms with Crippen LogP contribution in [0.4, 0.5) is 5.82 Å². The van der Waals surface area contributed by atoms with Crippen LogP contribution in [0.25, 0.3) is 16.7 Å². The maximum absolute atomic E-state index is 4.96. The largest absolute Gasteiger partial charge is 0.352 e. The van der Waals surface area contributed by atoms with Gasteiger partial charge in [0.2, 0.25) is 0 Å². The zero-order chi connectivity index (χ0) is 18.8. The summed E-state index contributed by atoms with van der Waals surface area (Å²) in [4.78, 5) is 11.9. The Bertz CT molecular complexity index is 1140. The first-order valence-corrected chi connectivity index (χ1v) is 9.45. The molecule has 0 radical (unpaired) electrons. The van der Waals surface area contributed by atoms with E-state index in [1.165, 1.54) is 5.52 Å². The number of anilines is 1. The number of imidazole rings is 1. The number of para-hydroxylation sites is 2. The van der Waals surface area contributed by atoms with Crippen molar-refractivity contribution in [1.29, 1.82) is 0 Å². The van der Waals surface area contributed by atoms with Gasteiger partial charge in [-0.25, -0.2) is 9.97 Å². The molecule has 1 saturated heterocycles. The van der Waals surface area contributed by atoms with Crippen LogP contribution in [0.3, 0.4) is 0 Å². The Labute approximate surface area is 158 Å². The Balaban J connectivity index is 1.53. The first-order chi connectivity index (χ1) is 12.9. The summed E-state index contributed by atoms with van der Waals surface area (Å²) in [5.41, 5.74) is 4.22. The fourth-order valence-corrected chi connectivity index (χ4v) is 3.99. The molecule has 3 aromatic heterocycles. The quantitative estimate of drug-likeness (QED) is 0.546. The smallest absolute Gasteiger partial charge is 0.157 e. The van der Waals surface area contributed by atoms with Crippen LogP contribution in [0.5, 0.6) is 0 Å². The number of aryl methyl sites for hydroxylation is 1. The molecule has 4 heterocycles.